The summed E-state index contributed by atoms with van der Waals surface area (Å²) in [7, 11) is 0. The number of aromatic nitrogens is 4. The van der Waals surface area contributed by atoms with Crippen molar-refractivity contribution in [2.75, 3.05) is 13.1 Å². The number of rotatable bonds is 7. The molecule has 2 aromatic heterocycles. The maximum Gasteiger partial charge on any atom is 0.410 e. The standard InChI is InChI=1S/C37H46N6O5/c1-36(2,3)47-34(44)42-19-7-9-30(42)32-38-21-28(40-32)25-13-11-24(12-14-25)23-46-27-17-15-26(16-18-27)29-22-39-33(41-29)31-10-8-20-43(31)35(45)48-37(4,5)6/h11-18,21-22,30-31H,7-10,19-20,23H2,1-6H3,(H,38,40)(H,39,41). The van der Waals surface area contributed by atoms with Gasteiger partial charge in [-0.05, 0) is 108 Å². The Hall–Kier alpha value is -4.80. The smallest absolute Gasteiger partial charge is 0.410 e. The van der Waals surface area contributed by atoms with Crippen molar-refractivity contribution in [2.45, 2.75) is 97.1 Å². The minimum absolute atomic E-state index is 0.121. The zero-order chi connectivity index (χ0) is 34.1. The lowest BCUT2D eigenvalue weighted by atomic mass is 10.1. The van der Waals surface area contributed by atoms with E-state index in [4.69, 9.17) is 14.2 Å². The Morgan fingerprint density at radius 2 is 1.15 bits per heavy atom. The maximum absolute atomic E-state index is 12.7. The van der Waals surface area contributed by atoms with Crippen LogP contribution in [0.25, 0.3) is 22.5 Å². The molecule has 254 valence electrons. The molecule has 2 aliphatic heterocycles. The molecule has 11 heteroatoms. The van der Waals surface area contributed by atoms with Crippen LogP contribution >= 0.6 is 0 Å². The fraction of sp³-hybridized carbons (Fsp3) is 0.459. The Kier molecular flexibility index (Phi) is 9.22. The molecular formula is C37H46N6O5. The minimum atomic E-state index is -0.541. The van der Waals surface area contributed by atoms with E-state index in [9.17, 15) is 9.59 Å². The highest BCUT2D eigenvalue weighted by atomic mass is 16.6. The predicted molar refractivity (Wildman–Crippen MR) is 182 cm³/mol. The number of carbonyl (C=O) groups excluding carboxylic acids is 2. The van der Waals surface area contributed by atoms with Crippen molar-refractivity contribution in [3.05, 3.63) is 78.1 Å². The lowest BCUT2D eigenvalue weighted by molar-refractivity contribution is 0.0208. The van der Waals surface area contributed by atoms with Crippen LogP contribution < -0.4 is 4.74 Å². The van der Waals surface area contributed by atoms with Crippen LogP contribution in [-0.4, -0.2) is 66.2 Å². The third-order valence-electron chi connectivity index (χ3n) is 8.42. The molecule has 0 radical (unpaired) electrons. The van der Waals surface area contributed by atoms with Gasteiger partial charge in [-0.3, -0.25) is 9.80 Å². The summed E-state index contributed by atoms with van der Waals surface area (Å²) in [6.07, 6.45) is 6.55. The number of nitrogens with zero attached hydrogens (tertiary/aromatic N) is 4. The van der Waals surface area contributed by atoms with Gasteiger partial charge in [0.25, 0.3) is 0 Å². The van der Waals surface area contributed by atoms with E-state index in [1.807, 2.05) is 102 Å². The number of likely N-dealkylation sites (tertiary alicyclic amines) is 2. The highest BCUT2D eigenvalue weighted by Gasteiger charge is 2.36. The lowest BCUT2D eigenvalue weighted by Crippen LogP contribution is -2.36. The summed E-state index contributed by atoms with van der Waals surface area (Å²) in [6.45, 7) is 13.0. The molecule has 6 rings (SSSR count). The Labute approximate surface area is 282 Å². The number of nitrogens with one attached hydrogen (secondary N) is 2. The molecule has 0 bridgehead atoms. The zero-order valence-electron chi connectivity index (χ0n) is 28.7. The van der Waals surface area contributed by atoms with Gasteiger partial charge in [0, 0.05) is 13.1 Å². The van der Waals surface area contributed by atoms with Crippen LogP contribution in [0.2, 0.25) is 0 Å². The van der Waals surface area contributed by atoms with Crippen molar-refractivity contribution in [1.82, 2.24) is 29.7 Å². The summed E-state index contributed by atoms with van der Waals surface area (Å²) < 4.78 is 17.3. The summed E-state index contributed by atoms with van der Waals surface area (Å²) in [6, 6.07) is 15.8. The molecule has 0 saturated carbocycles. The predicted octanol–water partition coefficient (Wildman–Crippen LogP) is 8.19. The van der Waals surface area contributed by atoms with E-state index >= 15 is 0 Å². The first kappa shape index (κ1) is 33.1. The van der Waals surface area contributed by atoms with Crippen LogP contribution in [0.5, 0.6) is 5.75 Å². The van der Waals surface area contributed by atoms with Crippen molar-refractivity contribution in [1.29, 1.82) is 0 Å². The van der Waals surface area contributed by atoms with E-state index in [-0.39, 0.29) is 24.3 Å². The van der Waals surface area contributed by atoms with Crippen LogP contribution in [0, 0.1) is 0 Å². The third-order valence-corrected chi connectivity index (χ3v) is 8.42. The summed E-state index contributed by atoms with van der Waals surface area (Å²) in [5.74, 6) is 2.31. The molecule has 4 aromatic rings. The van der Waals surface area contributed by atoms with E-state index in [0.29, 0.717) is 19.7 Å². The van der Waals surface area contributed by atoms with E-state index in [2.05, 4.69) is 19.9 Å². The Morgan fingerprint density at radius 1 is 0.708 bits per heavy atom. The monoisotopic (exact) mass is 654 g/mol. The topological polar surface area (TPSA) is 126 Å². The number of ether oxygens (including phenoxy) is 3. The fourth-order valence-corrected chi connectivity index (χ4v) is 6.16. The van der Waals surface area contributed by atoms with Crippen LogP contribution in [0.1, 0.15) is 96.5 Å². The highest BCUT2D eigenvalue weighted by molar-refractivity contribution is 5.70. The molecule has 11 nitrogen and oxygen atoms in total. The molecule has 2 atom stereocenters. The quantitative estimate of drug-likeness (QED) is 0.206. The molecule has 2 saturated heterocycles. The molecule has 2 aromatic carbocycles. The number of H-pyrrole nitrogens is 2. The van der Waals surface area contributed by atoms with Gasteiger partial charge < -0.3 is 24.2 Å². The van der Waals surface area contributed by atoms with Crippen LogP contribution in [-0.2, 0) is 16.1 Å². The molecule has 2 unspecified atom stereocenters. The first-order valence-corrected chi connectivity index (χ1v) is 16.7. The van der Waals surface area contributed by atoms with Crippen molar-refractivity contribution in [3.63, 3.8) is 0 Å². The largest absolute Gasteiger partial charge is 0.489 e. The SMILES string of the molecule is CC(C)(C)OC(=O)N1CCCC1c1ncc(-c2ccc(COc3ccc(-c4cnc(C5CCCN5C(=O)OC(C)(C)C)[nH]4)cc3)cc2)[nH]1. The number of amides is 2. The van der Waals surface area contributed by atoms with Crippen molar-refractivity contribution in [3.8, 4) is 28.3 Å². The van der Waals surface area contributed by atoms with Gasteiger partial charge in [-0.15, -0.1) is 0 Å². The van der Waals surface area contributed by atoms with E-state index < -0.39 is 11.2 Å². The van der Waals surface area contributed by atoms with E-state index in [1.165, 1.54) is 0 Å². The first-order valence-electron chi connectivity index (χ1n) is 16.7. The second-order valence-corrected chi connectivity index (χ2v) is 14.5. The van der Waals surface area contributed by atoms with Gasteiger partial charge in [-0.1, -0.05) is 24.3 Å². The van der Waals surface area contributed by atoms with Crippen molar-refractivity contribution in [2.24, 2.45) is 0 Å². The van der Waals surface area contributed by atoms with Gasteiger partial charge in [0.2, 0.25) is 0 Å². The summed E-state index contributed by atoms with van der Waals surface area (Å²) in [4.78, 5) is 45.1. The molecule has 2 N–H and O–H groups in total. The number of carbonyl (C=O) groups is 2. The Morgan fingerprint density at radius 3 is 1.58 bits per heavy atom. The zero-order valence-corrected chi connectivity index (χ0v) is 28.7. The minimum Gasteiger partial charge on any atom is -0.489 e. The Bertz CT molecular complexity index is 1590. The normalized spacial score (nSPS) is 18.3. The summed E-state index contributed by atoms with van der Waals surface area (Å²) >= 11 is 0. The van der Waals surface area contributed by atoms with E-state index in [0.717, 1.165) is 71.2 Å². The highest BCUT2D eigenvalue weighted by Crippen LogP contribution is 2.34. The van der Waals surface area contributed by atoms with Gasteiger partial charge in [-0.25, -0.2) is 19.6 Å². The van der Waals surface area contributed by atoms with E-state index in [1.54, 1.807) is 9.80 Å². The molecule has 2 aliphatic rings. The number of imidazole rings is 2. The molecule has 4 heterocycles. The second kappa shape index (κ2) is 13.4. The molecule has 0 spiro atoms. The molecule has 2 amide bonds. The molecule has 0 aliphatic carbocycles. The van der Waals surface area contributed by atoms with Crippen molar-refractivity contribution < 1.29 is 23.8 Å². The molecule has 48 heavy (non-hydrogen) atoms. The van der Waals surface area contributed by atoms with Gasteiger partial charge in [-0.2, -0.15) is 0 Å². The fourth-order valence-electron chi connectivity index (χ4n) is 6.16. The third kappa shape index (κ3) is 7.83. The number of aromatic amines is 2. The van der Waals surface area contributed by atoms with Crippen LogP contribution in [0.3, 0.4) is 0 Å². The van der Waals surface area contributed by atoms with Gasteiger partial charge in [0.15, 0.2) is 0 Å². The number of hydrogen-bond donors (Lipinski definition) is 2. The Balaban J connectivity index is 1.03. The molecular weight excluding hydrogens is 608 g/mol. The van der Waals surface area contributed by atoms with Crippen molar-refractivity contribution >= 4 is 12.2 Å². The molecule has 2 fully saturated rings. The van der Waals surface area contributed by atoms with Gasteiger partial charge >= 0.3 is 12.2 Å². The maximum atomic E-state index is 12.7. The summed E-state index contributed by atoms with van der Waals surface area (Å²) in [5, 5.41) is 0. The number of hydrogen-bond acceptors (Lipinski definition) is 7. The number of benzene rings is 2. The van der Waals surface area contributed by atoms with Gasteiger partial charge in [0.05, 0.1) is 35.9 Å². The average molecular weight is 655 g/mol. The van der Waals surface area contributed by atoms with Gasteiger partial charge in [0.1, 0.15) is 35.2 Å². The average Bonchev–Trinajstić information content (AvgIpc) is 3.85. The lowest BCUT2D eigenvalue weighted by Gasteiger charge is -2.27. The van der Waals surface area contributed by atoms with Crippen LogP contribution in [0.15, 0.2) is 60.9 Å². The second-order valence-electron chi connectivity index (χ2n) is 14.5. The van der Waals surface area contributed by atoms with Crippen LogP contribution in [0.4, 0.5) is 9.59 Å². The first-order chi connectivity index (χ1) is 22.8. The summed E-state index contributed by atoms with van der Waals surface area (Å²) in [5.41, 5.74) is 3.74.